The van der Waals surface area contributed by atoms with Crippen molar-refractivity contribution in [3.05, 3.63) is 34.3 Å². The minimum absolute atomic E-state index is 0.254. The van der Waals surface area contributed by atoms with Gasteiger partial charge in [0.2, 0.25) is 0 Å². The average molecular weight is 236 g/mol. The van der Waals surface area contributed by atoms with Crippen LogP contribution in [0.4, 0.5) is 0 Å². The number of imidazole rings is 1. The molecule has 2 aromatic rings. The molecule has 1 N–H and O–H groups in total. The van der Waals surface area contributed by atoms with Gasteiger partial charge in [0.05, 0.1) is 18.1 Å². The molecule has 0 saturated carbocycles. The van der Waals surface area contributed by atoms with Crippen molar-refractivity contribution < 1.29 is 0 Å². The van der Waals surface area contributed by atoms with Gasteiger partial charge in [0.25, 0.3) is 0 Å². The lowest BCUT2D eigenvalue weighted by Crippen LogP contribution is -2.14. The van der Waals surface area contributed by atoms with Gasteiger partial charge in [-0.25, -0.2) is 9.97 Å². The van der Waals surface area contributed by atoms with Gasteiger partial charge in [-0.15, -0.1) is 11.3 Å². The normalized spacial score (nSPS) is 12.9. The fourth-order valence-corrected chi connectivity index (χ4v) is 2.51. The van der Waals surface area contributed by atoms with E-state index < -0.39 is 0 Å². The maximum absolute atomic E-state index is 4.42. The third-order valence-corrected chi connectivity index (χ3v) is 3.60. The zero-order chi connectivity index (χ0) is 11.5. The molecule has 2 aromatic heterocycles. The summed E-state index contributed by atoms with van der Waals surface area (Å²) in [5, 5.41) is 4.28. The highest BCUT2D eigenvalue weighted by Gasteiger charge is 2.14. The van der Waals surface area contributed by atoms with E-state index in [0.717, 1.165) is 11.6 Å². The van der Waals surface area contributed by atoms with E-state index in [0.29, 0.717) is 0 Å². The molecule has 2 heterocycles. The van der Waals surface area contributed by atoms with Crippen molar-refractivity contribution in [1.82, 2.24) is 19.9 Å². The summed E-state index contributed by atoms with van der Waals surface area (Å²) in [5.41, 5.74) is 1.18. The van der Waals surface area contributed by atoms with E-state index in [-0.39, 0.29) is 6.04 Å². The topological polar surface area (TPSA) is 42.7 Å². The lowest BCUT2D eigenvalue weighted by molar-refractivity contribution is 0.590. The molecular weight excluding hydrogens is 220 g/mol. The molecule has 0 bridgehead atoms. The van der Waals surface area contributed by atoms with Gasteiger partial charge in [0, 0.05) is 23.8 Å². The van der Waals surface area contributed by atoms with Crippen molar-refractivity contribution in [3.8, 4) is 0 Å². The summed E-state index contributed by atoms with van der Waals surface area (Å²) in [6.07, 6.45) is 5.69. The van der Waals surface area contributed by atoms with Crippen LogP contribution in [0.5, 0.6) is 0 Å². The zero-order valence-corrected chi connectivity index (χ0v) is 10.6. The molecule has 0 aliphatic heterocycles. The van der Waals surface area contributed by atoms with Crippen molar-refractivity contribution in [2.75, 3.05) is 7.05 Å². The number of nitrogens with one attached hydrogen (secondary N) is 1. The summed E-state index contributed by atoms with van der Waals surface area (Å²) in [6, 6.07) is 0.254. The summed E-state index contributed by atoms with van der Waals surface area (Å²) < 4.78 is 2.16. The predicted molar refractivity (Wildman–Crippen MR) is 65.7 cm³/mol. The Kier molecular flexibility index (Phi) is 3.36. The molecule has 0 aliphatic carbocycles. The van der Waals surface area contributed by atoms with Gasteiger partial charge >= 0.3 is 0 Å². The first kappa shape index (κ1) is 11.3. The molecular formula is C11H16N4S. The Hall–Kier alpha value is -1.20. The van der Waals surface area contributed by atoms with Gasteiger partial charge in [-0.1, -0.05) is 0 Å². The summed E-state index contributed by atoms with van der Waals surface area (Å²) in [4.78, 5) is 9.86. The summed E-state index contributed by atoms with van der Waals surface area (Å²) in [5.74, 6) is 0. The first-order chi connectivity index (χ1) is 7.72. The van der Waals surface area contributed by atoms with Crippen molar-refractivity contribution in [3.63, 3.8) is 0 Å². The highest BCUT2D eigenvalue weighted by Crippen LogP contribution is 2.23. The van der Waals surface area contributed by atoms with Crippen LogP contribution in [0.15, 0.2) is 18.7 Å². The second kappa shape index (κ2) is 4.76. The monoisotopic (exact) mass is 236 g/mol. The van der Waals surface area contributed by atoms with Crippen LogP contribution in [0, 0.1) is 6.92 Å². The number of hydrogen-bond acceptors (Lipinski definition) is 4. The van der Waals surface area contributed by atoms with E-state index in [1.165, 1.54) is 10.6 Å². The number of aromatic nitrogens is 3. The third-order valence-electron chi connectivity index (χ3n) is 2.52. The van der Waals surface area contributed by atoms with Crippen molar-refractivity contribution >= 4 is 11.3 Å². The molecule has 2 rings (SSSR count). The van der Waals surface area contributed by atoms with Gasteiger partial charge < -0.3 is 9.88 Å². The summed E-state index contributed by atoms with van der Waals surface area (Å²) in [7, 11) is 1.94. The first-order valence-electron chi connectivity index (χ1n) is 5.30. The van der Waals surface area contributed by atoms with Crippen molar-refractivity contribution in [1.29, 1.82) is 0 Å². The van der Waals surface area contributed by atoms with Crippen LogP contribution < -0.4 is 5.32 Å². The van der Waals surface area contributed by atoms with E-state index in [1.54, 1.807) is 11.3 Å². The largest absolute Gasteiger partial charge is 0.324 e. The number of thiazole rings is 1. The Morgan fingerprint density at radius 3 is 2.94 bits per heavy atom. The van der Waals surface area contributed by atoms with Crippen molar-refractivity contribution in [2.24, 2.45) is 0 Å². The molecule has 5 heteroatoms. The SMILES string of the molecule is CNCc1cncn1C(C)c1ncc(C)s1. The van der Waals surface area contributed by atoms with Crippen LogP contribution in [0.1, 0.15) is 28.5 Å². The Bertz CT molecular complexity index is 460. The number of hydrogen-bond donors (Lipinski definition) is 1. The molecule has 0 aromatic carbocycles. The maximum Gasteiger partial charge on any atom is 0.115 e. The Labute approximate surface area is 99.4 Å². The Morgan fingerprint density at radius 2 is 2.31 bits per heavy atom. The molecule has 4 nitrogen and oxygen atoms in total. The van der Waals surface area contributed by atoms with Gasteiger partial charge in [-0.2, -0.15) is 0 Å². The fourth-order valence-electron chi connectivity index (χ4n) is 1.68. The first-order valence-corrected chi connectivity index (χ1v) is 6.11. The van der Waals surface area contributed by atoms with E-state index in [1.807, 2.05) is 25.8 Å². The van der Waals surface area contributed by atoms with Crippen LogP contribution in [0.2, 0.25) is 0 Å². The average Bonchev–Trinajstić information content (AvgIpc) is 2.87. The predicted octanol–water partition coefficient (Wildman–Crippen LogP) is 1.98. The van der Waals surface area contributed by atoms with Crippen LogP contribution in [-0.4, -0.2) is 21.6 Å². The number of rotatable bonds is 4. The Morgan fingerprint density at radius 1 is 1.50 bits per heavy atom. The zero-order valence-electron chi connectivity index (χ0n) is 9.77. The molecule has 0 radical (unpaired) electrons. The van der Waals surface area contributed by atoms with Crippen LogP contribution in [-0.2, 0) is 6.54 Å². The number of nitrogens with zero attached hydrogens (tertiary/aromatic N) is 3. The highest BCUT2D eigenvalue weighted by molar-refractivity contribution is 7.11. The van der Waals surface area contributed by atoms with Crippen LogP contribution in [0.3, 0.4) is 0 Å². The maximum atomic E-state index is 4.42. The molecule has 0 amide bonds. The lowest BCUT2D eigenvalue weighted by atomic mass is 10.3. The van der Waals surface area contributed by atoms with Crippen LogP contribution >= 0.6 is 11.3 Å². The van der Waals surface area contributed by atoms with E-state index in [2.05, 4.69) is 33.7 Å². The van der Waals surface area contributed by atoms with Crippen molar-refractivity contribution in [2.45, 2.75) is 26.4 Å². The van der Waals surface area contributed by atoms with Gasteiger partial charge in [0.15, 0.2) is 0 Å². The van der Waals surface area contributed by atoms with Gasteiger partial charge in [-0.3, -0.25) is 0 Å². The number of aryl methyl sites for hydroxylation is 1. The molecule has 0 saturated heterocycles. The highest BCUT2D eigenvalue weighted by atomic mass is 32.1. The minimum atomic E-state index is 0.254. The lowest BCUT2D eigenvalue weighted by Gasteiger charge is -2.13. The summed E-state index contributed by atoms with van der Waals surface area (Å²) >= 11 is 1.74. The molecule has 86 valence electrons. The second-order valence-corrected chi connectivity index (χ2v) is 5.07. The van der Waals surface area contributed by atoms with E-state index in [4.69, 9.17) is 0 Å². The molecule has 0 aliphatic rings. The standard InChI is InChI=1S/C11H16N4S/c1-8-4-14-11(16-8)9(2)15-7-13-6-10(15)5-12-3/h4,6-7,9,12H,5H2,1-3H3. The van der Waals surface area contributed by atoms with Crippen LogP contribution in [0.25, 0.3) is 0 Å². The Balaban J connectivity index is 2.26. The van der Waals surface area contributed by atoms with Gasteiger partial charge in [-0.05, 0) is 20.9 Å². The summed E-state index contributed by atoms with van der Waals surface area (Å²) in [6.45, 7) is 5.06. The molecule has 1 atom stereocenters. The molecule has 16 heavy (non-hydrogen) atoms. The molecule has 0 fully saturated rings. The van der Waals surface area contributed by atoms with Gasteiger partial charge in [0.1, 0.15) is 5.01 Å². The van der Waals surface area contributed by atoms with E-state index in [9.17, 15) is 0 Å². The minimum Gasteiger partial charge on any atom is -0.324 e. The third kappa shape index (κ3) is 2.15. The van der Waals surface area contributed by atoms with E-state index >= 15 is 0 Å². The second-order valence-electron chi connectivity index (χ2n) is 3.81. The smallest absolute Gasteiger partial charge is 0.115 e. The quantitative estimate of drug-likeness (QED) is 0.882. The molecule has 0 spiro atoms. The fraction of sp³-hybridized carbons (Fsp3) is 0.455. The molecule has 1 unspecified atom stereocenters.